The Morgan fingerprint density at radius 1 is 1.10 bits per heavy atom. The number of pyridine rings is 2. The van der Waals surface area contributed by atoms with Crippen molar-refractivity contribution in [2.45, 2.75) is 31.7 Å². The number of amides is 1. The highest BCUT2D eigenvalue weighted by molar-refractivity contribution is 5.78. The summed E-state index contributed by atoms with van der Waals surface area (Å²) in [6.45, 7) is 0.761. The molecule has 7 heteroatoms. The summed E-state index contributed by atoms with van der Waals surface area (Å²) in [6.07, 6.45) is 12.0. The van der Waals surface area contributed by atoms with Gasteiger partial charge in [0.1, 0.15) is 0 Å². The molecule has 0 saturated carbocycles. The van der Waals surface area contributed by atoms with E-state index in [1.807, 2.05) is 54.4 Å². The van der Waals surface area contributed by atoms with Crippen LogP contribution in [-0.4, -0.2) is 51.4 Å². The number of likely N-dealkylation sites (tertiary alicyclic amines) is 1. The number of anilines is 1. The molecule has 4 rings (SSSR count). The Balaban J connectivity index is 1.62. The Morgan fingerprint density at radius 3 is 2.50 bits per heavy atom. The van der Waals surface area contributed by atoms with Gasteiger partial charge < -0.3 is 9.80 Å². The Morgan fingerprint density at radius 2 is 1.80 bits per heavy atom. The second-order valence-corrected chi connectivity index (χ2v) is 7.70. The molecule has 1 fully saturated rings. The highest BCUT2D eigenvalue weighted by Gasteiger charge is 2.33. The molecule has 0 unspecified atom stereocenters. The van der Waals surface area contributed by atoms with Crippen LogP contribution < -0.4 is 4.90 Å². The topological polar surface area (TPSA) is 75.1 Å². The number of carbonyl (C=O) groups is 1. The van der Waals surface area contributed by atoms with Crippen LogP contribution in [0, 0.1) is 0 Å². The van der Waals surface area contributed by atoms with E-state index < -0.39 is 0 Å². The molecule has 0 bridgehead atoms. The summed E-state index contributed by atoms with van der Waals surface area (Å²) >= 11 is 0. The number of rotatable bonds is 6. The third kappa shape index (κ3) is 4.30. The van der Waals surface area contributed by atoms with Gasteiger partial charge in [0.2, 0.25) is 11.9 Å². The van der Waals surface area contributed by atoms with E-state index in [2.05, 4.69) is 15.0 Å². The first-order chi connectivity index (χ1) is 14.6. The van der Waals surface area contributed by atoms with E-state index in [4.69, 9.17) is 4.98 Å². The van der Waals surface area contributed by atoms with Crippen LogP contribution >= 0.6 is 0 Å². The Labute approximate surface area is 176 Å². The summed E-state index contributed by atoms with van der Waals surface area (Å²) in [4.78, 5) is 34.6. The first-order valence-corrected chi connectivity index (χ1v) is 10.3. The van der Waals surface area contributed by atoms with Crippen molar-refractivity contribution >= 4 is 11.9 Å². The molecule has 30 heavy (non-hydrogen) atoms. The lowest BCUT2D eigenvalue weighted by Gasteiger charge is -2.27. The minimum atomic E-state index is -0.0418. The van der Waals surface area contributed by atoms with E-state index in [1.165, 1.54) is 0 Å². The first-order valence-electron chi connectivity index (χ1n) is 10.3. The van der Waals surface area contributed by atoms with Crippen LogP contribution in [0.2, 0.25) is 0 Å². The summed E-state index contributed by atoms with van der Waals surface area (Å²) in [5, 5.41) is 0. The average Bonchev–Trinajstić information content (AvgIpc) is 3.28. The molecule has 0 spiro atoms. The van der Waals surface area contributed by atoms with Crippen molar-refractivity contribution in [2.75, 3.05) is 25.5 Å². The number of carbonyl (C=O) groups excluding carboxylic acids is 1. The van der Waals surface area contributed by atoms with Gasteiger partial charge in [-0.15, -0.1) is 0 Å². The molecular formula is C23H26N6O. The third-order valence-corrected chi connectivity index (χ3v) is 5.46. The Kier molecular flexibility index (Phi) is 5.97. The van der Waals surface area contributed by atoms with Gasteiger partial charge in [0.05, 0.1) is 11.7 Å². The zero-order valence-electron chi connectivity index (χ0n) is 17.4. The number of hydrogen-bond donors (Lipinski definition) is 0. The fourth-order valence-electron chi connectivity index (χ4n) is 3.90. The lowest BCUT2D eigenvalue weighted by molar-refractivity contribution is -0.132. The molecule has 1 amide bonds. The van der Waals surface area contributed by atoms with Gasteiger partial charge in [0.15, 0.2) is 0 Å². The lowest BCUT2D eigenvalue weighted by Crippen LogP contribution is -2.31. The standard InChI is InChI=1S/C23H26N6O/c1-28(2)23-26-16-19(18-9-13-25-14-10-18)22(27-23)20-4-3-15-29(20)21(30)6-5-17-7-11-24-12-8-17/h7-14,16,20H,3-6,15H2,1-2H3/t20-/m0/s1. The normalized spacial score (nSPS) is 15.9. The van der Waals surface area contributed by atoms with Gasteiger partial charge in [0.25, 0.3) is 0 Å². The number of hydrogen-bond acceptors (Lipinski definition) is 6. The highest BCUT2D eigenvalue weighted by Crippen LogP contribution is 2.37. The van der Waals surface area contributed by atoms with Crippen molar-refractivity contribution in [3.63, 3.8) is 0 Å². The number of aryl methyl sites for hydroxylation is 1. The summed E-state index contributed by atoms with van der Waals surface area (Å²) in [5.41, 5.74) is 4.02. The second-order valence-electron chi connectivity index (χ2n) is 7.70. The molecule has 0 N–H and O–H groups in total. The molecular weight excluding hydrogens is 376 g/mol. The molecule has 1 aliphatic heterocycles. The van der Waals surface area contributed by atoms with Gasteiger partial charge in [0, 0.05) is 63.6 Å². The summed E-state index contributed by atoms with van der Waals surface area (Å²) in [7, 11) is 3.86. The van der Waals surface area contributed by atoms with Crippen LogP contribution in [0.1, 0.15) is 36.6 Å². The maximum Gasteiger partial charge on any atom is 0.225 e. The lowest BCUT2D eigenvalue weighted by atomic mass is 10.0. The van der Waals surface area contributed by atoms with E-state index in [1.54, 1.807) is 24.8 Å². The van der Waals surface area contributed by atoms with Crippen LogP contribution in [0.4, 0.5) is 5.95 Å². The molecule has 4 heterocycles. The van der Waals surface area contributed by atoms with Crippen LogP contribution in [0.3, 0.4) is 0 Å². The van der Waals surface area contributed by atoms with E-state index in [0.29, 0.717) is 18.8 Å². The molecule has 0 radical (unpaired) electrons. The minimum Gasteiger partial charge on any atom is -0.347 e. The first kappa shape index (κ1) is 19.9. The predicted octanol–water partition coefficient (Wildman–Crippen LogP) is 3.30. The van der Waals surface area contributed by atoms with Gasteiger partial charge in [-0.1, -0.05) is 0 Å². The fourth-order valence-corrected chi connectivity index (χ4v) is 3.90. The maximum absolute atomic E-state index is 13.1. The molecule has 7 nitrogen and oxygen atoms in total. The largest absolute Gasteiger partial charge is 0.347 e. The molecule has 1 atom stereocenters. The predicted molar refractivity (Wildman–Crippen MR) is 116 cm³/mol. The molecule has 3 aromatic rings. The monoisotopic (exact) mass is 402 g/mol. The summed E-state index contributed by atoms with van der Waals surface area (Å²) in [5.74, 6) is 0.818. The molecule has 154 valence electrons. The van der Waals surface area contributed by atoms with Crippen molar-refractivity contribution in [3.05, 3.63) is 66.5 Å². The summed E-state index contributed by atoms with van der Waals surface area (Å²) in [6, 6.07) is 7.80. The van der Waals surface area contributed by atoms with E-state index in [0.717, 1.165) is 41.8 Å². The molecule has 0 aliphatic carbocycles. The van der Waals surface area contributed by atoms with Gasteiger partial charge in [-0.05, 0) is 54.7 Å². The average molecular weight is 403 g/mol. The number of aromatic nitrogens is 4. The van der Waals surface area contributed by atoms with Crippen LogP contribution in [0.15, 0.2) is 55.2 Å². The van der Waals surface area contributed by atoms with Crippen LogP contribution in [0.25, 0.3) is 11.1 Å². The van der Waals surface area contributed by atoms with Crippen LogP contribution in [0.5, 0.6) is 0 Å². The number of nitrogens with zero attached hydrogens (tertiary/aromatic N) is 6. The van der Waals surface area contributed by atoms with Crippen molar-refractivity contribution in [2.24, 2.45) is 0 Å². The minimum absolute atomic E-state index is 0.0418. The zero-order chi connectivity index (χ0) is 20.9. The molecule has 3 aromatic heterocycles. The Hall–Kier alpha value is -3.35. The van der Waals surface area contributed by atoms with E-state index in [9.17, 15) is 4.79 Å². The summed E-state index contributed by atoms with van der Waals surface area (Å²) < 4.78 is 0. The van der Waals surface area contributed by atoms with Gasteiger partial charge in [-0.3, -0.25) is 14.8 Å². The molecule has 1 saturated heterocycles. The van der Waals surface area contributed by atoms with Gasteiger partial charge in [-0.2, -0.15) is 0 Å². The van der Waals surface area contributed by atoms with Gasteiger partial charge >= 0.3 is 0 Å². The van der Waals surface area contributed by atoms with Crippen molar-refractivity contribution < 1.29 is 4.79 Å². The van der Waals surface area contributed by atoms with Crippen molar-refractivity contribution in [3.8, 4) is 11.1 Å². The van der Waals surface area contributed by atoms with Gasteiger partial charge in [-0.25, -0.2) is 9.97 Å². The van der Waals surface area contributed by atoms with E-state index in [-0.39, 0.29) is 11.9 Å². The fraction of sp³-hybridized carbons (Fsp3) is 0.348. The SMILES string of the molecule is CN(C)c1ncc(-c2ccncc2)c([C@@H]2CCCN2C(=O)CCc2ccncc2)n1. The van der Waals surface area contributed by atoms with Crippen molar-refractivity contribution in [1.29, 1.82) is 0 Å². The van der Waals surface area contributed by atoms with Crippen molar-refractivity contribution in [1.82, 2.24) is 24.8 Å². The molecule has 1 aliphatic rings. The molecule has 0 aromatic carbocycles. The maximum atomic E-state index is 13.1. The Bertz CT molecular complexity index is 993. The third-order valence-electron chi connectivity index (χ3n) is 5.46. The van der Waals surface area contributed by atoms with E-state index >= 15 is 0 Å². The van der Waals surface area contributed by atoms with Crippen LogP contribution in [-0.2, 0) is 11.2 Å². The highest BCUT2D eigenvalue weighted by atomic mass is 16.2. The smallest absolute Gasteiger partial charge is 0.225 e. The zero-order valence-corrected chi connectivity index (χ0v) is 17.4. The quantitative estimate of drug-likeness (QED) is 0.630. The second kappa shape index (κ2) is 8.98.